The number of ether oxygens (including phenoxy) is 3. The van der Waals surface area contributed by atoms with E-state index in [-0.39, 0.29) is 24.9 Å². The van der Waals surface area contributed by atoms with Crippen molar-refractivity contribution in [3.8, 4) is 17.2 Å². The molecule has 2 aromatic rings. The van der Waals surface area contributed by atoms with Crippen LogP contribution in [0, 0.1) is 0 Å². The van der Waals surface area contributed by atoms with Crippen molar-refractivity contribution in [3.05, 3.63) is 53.6 Å². The predicted octanol–water partition coefficient (Wildman–Crippen LogP) is 2.38. The molecule has 0 spiro atoms. The zero-order chi connectivity index (χ0) is 20.5. The number of hydrogen-bond acceptors (Lipinski definition) is 5. The molecule has 2 amide bonds. The number of hydrogen-bond donors (Lipinski definition) is 1. The molecule has 2 rings (SSSR count). The van der Waals surface area contributed by atoms with E-state index in [1.54, 1.807) is 33.5 Å². The molecular formula is C21H26N2O5. The second kappa shape index (κ2) is 10.2. The maximum atomic E-state index is 12.4. The third-order valence-electron chi connectivity index (χ3n) is 4.27. The Balaban J connectivity index is 2.00. The Bertz CT molecular complexity index is 822. The Labute approximate surface area is 165 Å². The van der Waals surface area contributed by atoms with Crippen LogP contribution in [0.3, 0.4) is 0 Å². The van der Waals surface area contributed by atoms with Gasteiger partial charge in [0.25, 0.3) is 0 Å². The van der Waals surface area contributed by atoms with Gasteiger partial charge in [0.1, 0.15) is 5.75 Å². The minimum atomic E-state index is -0.249. The van der Waals surface area contributed by atoms with Crippen molar-refractivity contribution in [2.45, 2.75) is 20.0 Å². The third kappa shape index (κ3) is 5.64. The summed E-state index contributed by atoms with van der Waals surface area (Å²) in [5.74, 6) is 1.44. The highest BCUT2D eigenvalue weighted by atomic mass is 16.5. The Morgan fingerprint density at radius 1 is 0.929 bits per heavy atom. The highest BCUT2D eigenvalue weighted by Crippen LogP contribution is 2.28. The smallest absolute Gasteiger partial charge is 0.239 e. The Morgan fingerprint density at radius 2 is 1.61 bits per heavy atom. The number of amides is 2. The van der Waals surface area contributed by atoms with Gasteiger partial charge in [0.2, 0.25) is 11.8 Å². The molecular weight excluding hydrogens is 360 g/mol. The van der Waals surface area contributed by atoms with Crippen molar-refractivity contribution in [1.29, 1.82) is 0 Å². The summed E-state index contributed by atoms with van der Waals surface area (Å²) in [4.78, 5) is 25.8. The van der Waals surface area contributed by atoms with E-state index in [4.69, 9.17) is 14.2 Å². The van der Waals surface area contributed by atoms with Crippen LogP contribution in [0.5, 0.6) is 17.2 Å². The van der Waals surface area contributed by atoms with Gasteiger partial charge in [0, 0.05) is 25.6 Å². The molecule has 7 nitrogen and oxygen atoms in total. The zero-order valence-electron chi connectivity index (χ0n) is 16.7. The largest absolute Gasteiger partial charge is 0.496 e. The summed E-state index contributed by atoms with van der Waals surface area (Å²) in [6.45, 7) is 2.01. The normalized spacial score (nSPS) is 10.1. The first-order valence-electron chi connectivity index (χ1n) is 8.83. The third-order valence-corrected chi connectivity index (χ3v) is 4.27. The molecule has 7 heteroatoms. The summed E-state index contributed by atoms with van der Waals surface area (Å²) in [7, 11) is 4.70. The van der Waals surface area contributed by atoms with Gasteiger partial charge in [-0.25, -0.2) is 0 Å². The van der Waals surface area contributed by atoms with Crippen molar-refractivity contribution < 1.29 is 23.8 Å². The van der Waals surface area contributed by atoms with E-state index in [2.05, 4.69) is 5.32 Å². The lowest BCUT2D eigenvalue weighted by atomic mass is 10.2. The lowest BCUT2D eigenvalue weighted by molar-refractivity contribution is -0.135. The standard InChI is InChI=1S/C21H26N2O5/c1-15(24)23(13-16-9-10-19(27-3)20(11-16)28-4)14-21(25)22-12-17-7-5-6-8-18(17)26-2/h5-11H,12-14H2,1-4H3,(H,22,25). The topological polar surface area (TPSA) is 77.1 Å². The molecule has 28 heavy (non-hydrogen) atoms. The van der Waals surface area contributed by atoms with E-state index < -0.39 is 0 Å². The van der Waals surface area contributed by atoms with Crippen LogP contribution >= 0.6 is 0 Å². The average molecular weight is 386 g/mol. The number of methoxy groups -OCH3 is 3. The van der Waals surface area contributed by atoms with Crippen molar-refractivity contribution in [2.24, 2.45) is 0 Å². The van der Waals surface area contributed by atoms with Gasteiger partial charge in [-0.05, 0) is 23.8 Å². The van der Waals surface area contributed by atoms with Crippen LogP contribution in [0.2, 0.25) is 0 Å². The first-order valence-corrected chi connectivity index (χ1v) is 8.83. The number of nitrogens with zero attached hydrogens (tertiary/aromatic N) is 1. The van der Waals surface area contributed by atoms with Crippen LogP contribution in [0.15, 0.2) is 42.5 Å². The number of carbonyl (C=O) groups is 2. The maximum Gasteiger partial charge on any atom is 0.239 e. The summed E-state index contributed by atoms with van der Waals surface area (Å²) < 4.78 is 15.8. The average Bonchev–Trinajstić information content (AvgIpc) is 2.71. The fraction of sp³-hybridized carbons (Fsp3) is 0.333. The summed E-state index contributed by atoms with van der Waals surface area (Å²) in [6, 6.07) is 12.9. The van der Waals surface area contributed by atoms with Crippen molar-refractivity contribution in [3.63, 3.8) is 0 Å². The molecule has 0 radical (unpaired) electrons. The predicted molar refractivity (Wildman–Crippen MR) is 105 cm³/mol. The van der Waals surface area contributed by atoms with Gasteiger partial charge in [-0.15, -0.1) is 0 Å². The first kappa shape index (κ1) is 21.1. The van der Waals surface area contributed by atoms with Crippen LogP contribution in [0.4, 0.5) is 0 Å². The SMILES string of the molecule is COc1ccccc1CNC(=O)CN(Cc1ccc(OC)c(OC)c1)C(C)=O. The first-order chi connectivity index (χ1) is 13.5. The summed E-state index contributed by atoms with van der Waals surface area (Å²) in [5.41, 5.74) is 1.71. The number of para-hydroxylation sites is 1. The molecule has 0 bridgehead atoms. The highest BCUT2D eigenvalue weighted by molar-refractivity contribution is 5.83. The van der Waals surface area contributed by atoms with Crippen LogP contribution in [0.25, 0.3) is 0 Å². The molecule has 0 saturated carbocycles. The molecule has 0 saturated heterocycles. The molecule has 0 unspecified atom stereocenters. The van der Waals surface area contributed by atoms with Crippen LogP contribution < -0.4 is 19.5 Å². The molecule has 0 atom stereocenters. The Hall–Kier alpha value is -3.22. The van der Waals surface area contributed by atoms with Crippen molar-refractivity contribution in [2.75, 3.05) is 27.9 Å². The summed E-state index contributed by atoms with van der Waals surface area (Å²) in [6.07, 6.45) is 0. The fourth-order valence-corrected chi connectivity index (χ4v) is 2.75. The van der Waals surface area contributed by atoms with E-state index in [0.29, 0.717) is 23.8 Å². The second-order valence-electron chi connectivity index (χ2n) is 6.15. The van der Waals surface area contributed by atoms with Gasteiger partial charge in [-0.3, -0.25) is 9.59 Å². The number of carbonyl (C=O) groups excluding carboxylic acids is 2. The Morgan fingerprint density at radius 3 is 2.25 bits per heavy atom. The molecule has 2 aromatic carbocycles. The molecule has 1 N–H and O–H groups in total. The van der Waals surface area contributed by atoms with Crippen LogP contribution in [-0.4, -0.2) is 44.6 Å². The van der Waals surface area contributed by atoms with E-state index >= 15 is 0 Å². The van der Waals surface area contributed by atoms with Gasteiger partial charge >= 0.3 is 0 Å². The lowest BCUT2D eigenvalue weighted by Crippen LogP contribution is -2.39. The van der Waals surface area contributed by atoms with E-state index in [9.17, 15) is 9.59 Å². The minimum absolute atomic E-state index is 0.0428. The van der Waals surface area contributed by atoms with Crippen molar-refractivity contribution >= 4 is 11.8 Å². The minimum Gasteiger partial charge on any atom is -0.496 e. The quantitative estimate of drug-likeness (QED) is 0.716. The van der Waals surface area contributed by atoms with Crippen LogP contribution in [-0.2, 0) is 22.7 Å². The lowest BCUT2D eigenvalue weighted by Gasteiger charge is -2.21. The molecule has 0 heterocycles. The molecule has 0 aromatic heterocycles. The summed E-state index contributed by atoms with van der Waals surface area (Å²) >= 11 is 0. The number of rotatable bonds is 9. The van der Waals surface area contributed by atoms with Gasteiger partial charge in [0.05, 0.1) is 27.9 Å². The van der Waals surface area contributed by atoms with E-state index in [1.807, 2.05) is 30.3 Å². The number of nitrogens with one attached hydrogen (secondary N) is 1. The molecule has 0 aliphatic heterocycles. The van der Waals surface area contributed by atoms with Crippen LogP contribution in [0.1, 0.15) is 18.1 Å². The zero-order valence-corrected chi connectivity index (χ0v) is 16.7. The second-order valence-corrected chi connectivity index (χ2v) is 6.15. The van der Waals surface area contributed by atoms with Gasteiger partial charge in [0.15, 0.2) is 11.5 Å². The van der Waals surface area contributed by atoms with Crippen molar-refractivity contribution in [1.82, 2.24) is 10.2 Å². The van der Waals surface area contributed by atoms with E-state index in [0.717, 1.165) is 11.1 Å². The van der Waals surface area contributed by atoms with E-state index in [1.165, 1.54) is 11.8 Å². The highest BCUT2D eigenvalue weighted by Gasteiger charge is 2.16. The maximum absolute atomic E-state index is 12.4. The molecule has 150 valence electrons. The summed E-state index contributed by atoms with van der Waals surface area (Å²) in [5, 5.41) is 2.83. The fourth-order valence-electron chi connectivity index (χ4n) is 2.75. The van der Waals surface area contributed by atoms with Gasteiger partial charge in [-0.1, -0.05) is 24.3 Å². The number of benzene rings is 2. The molecule has 0 fully saturated rings. The molecule has 0 aliphatic rings. The molecule has 0 aliphatic carbocycles. The monoisotopic (exact) mass is 386 g/mol. The van der Waals surface area contributed by atoms with Gasteiger partial charge in [-0.2, -0.15) is 0 Å². The van der Waals surface area contributed by atoms with Gasteiger partial charge < -0.3 is 24.4 Å². The Kier molecular flexibility index (Phi) is 7.68.